The number of benzene rings is 1. The van der Waals surface area contributed by atoms with Crippen LogP contribution < -0.4 is 4.72 Å². The van der Waals surface area contributed by atoms with Crippen LogP contribution >= 0.6 is 0 Å². The molecule has 0 radical (unpaired) electrons. The summed E-state index contributed by atoms with van der Waals surface area (Å²) in [6.45, 7) is 5.35. The Morgan fingerprint density at radius 1 is 1.32 bits per heavy atom. The Morgan fingerprint density at radius 3 is 2.36 bits per heavy atom. The number of halogens is 1. The highest BCUT2D eigenvalue weighted by Crippen LogP contribution is 2.16. The Balaban J connectivity index is 3.09. The van der Waals surface area contributed by atoms with Gasteiger partial charge in [0.25, 0.3) is 0 Å². The van der Waals surface area contributed by atoms with E-state index in [2.05, 4.69) is 4.72 Å². The highest BCUT2D eigenvalue weighted by molar-refractivity contribution is 7.89. The average Bonchev–Trinajstić information content (AvgIpc) is 2.39. The molecule has 1 atom stereocenters. The molecule has 0 aromatic heterocycles. The van der Waals surface area contributed by atoms with E-state index in [1.54, 1.807) is 21.0 Å². The van der Waals surface area contributed by atoms with E-state index < -0.39 is 21.9 Å². The average molecular weight is 330 g/mol. The Kier molecular flexibility index (Phi) is 6.08. The van der Waals surface area contributed by atoms with Gasteiger partial charge in [0, 0.05) is 14.1 Å². The molecule has 0 heterocycles. The summed E-state index contributed by atoms with van der Waals surface area (Å²) in [5.74, 6) is -0.793. The van der Waals surface area contributed by atoms with Crippen molar-refractivity contribution in [2.45, 2.75) is 38.1 Å². The van der Waals surface area contributed by atoms with Crippen LogP contribution in [-0.4, -0.2) is 39.4 Å². The lowest BCUT2D eigenvalue weighted by Gasteiger charge is -2.23. The summed E-state index contributed by atoms with van der Waals surface area (Å²) in [5.41, 5.74) is 0.363. The first-order valence-corrected chi connectivity index (χ1v) is 8.52. The number of likely N-dealkylation sites (N-methyl/N-ethyl adjacent to an activating group) is 1. The minimum atomic E-state index is -3.96. The number of rotatable bonds is 6. The van der Waals surface area contributed by atoms with Crippen molar-refractivity contribution in [3.63, 3.8) is 0 Å². The van der Waals surface area contributed by atoms with Gasteiger partial charge in [0.05, 0.1) is 4.90 Å². The number of aryl methyl sites for hydroxylation is 1. The lowest BCUT2D eigenvalue weighted by Crippen LogP contribution is -2.46. The highest BCUT2D eigenvalue weighted by Gasteiger charge is 2.27. The number of nitrogens with zero attached hydrogens (tertiary/aromatic N) is 1. The summed E-state index contributed by atoms with van der Waals surface area (Å²) in [4.78, 5) is 13.3. The fraction of sp³-hybridized carbons (Fsp3) is 0.533. The van der Waals surface area contributed by atoms with Gasteiger partial charge in [0.15, 0.2) is 0 Å². The van der Waals surface area contributed by atoms with Crippen LogP contribution in [-0.2, 0) is 14.8 Å². The number of carbonyl (C=O) groups excluding carboxylic acids is 1. The number of carbonyl (C=O) groups is 1. The second-order valence-electron chi connectivity index (χ2n) is 5.95. The standard InChI is InChI=1S/C15H23FN2O3S/c1-10(2)8-14(15(19)18(4)5)17-22(20,21)12-7-6-11(3)13(16)9-12/h6-7,9-10,14,17H,8H2,1-5H3/t14-/m1/s1. The Labute approximate surface area is 131 Å². The monoisotopic (exact) mass is 330 g/mol. The quantitative estimate of drug-likeness (QED) is 0.866. The molecule has 1 aromatic rings. The zero-order valence-electron chi connectivity index (χ0n) is 13.6. The number of hydrogen-bond donors (Lipinski definition) is 1. The molecular weight excluding hydrogens is 307 g/mol. The third-order valence-corrected chi connectivity index (χ3v) is 4.67. The molecule has 0 bridgehead atoms. The van der Waals surface area contributed by atoms with Crippen molar-refractivity contribution in [1.82, 2.24) is 9.62 Å². The maximum Gasteiger partial charge on any atom is 0.241 e. The third kappa shape index (κ3) is 4.78. The molecule has 0 unspecified atom stereocenters. The first-order chi connectivity index (χ1) is 10.0. The molecule has 0 aliphatic rings. The smallest absolute Gasteiger partial charge is 0.241 e. The van der Waals surface area contributed by atoms with Gasteiger partial charge in [-0.3, -0.25) is 4.79 Å². The lowest BCUT2D eigenvalue weighted by molar-refractivity contribution is -0.130. The molecule has 22 heavy (non-hydrogen) atoms. The van der Waals surface area contributed by atoms with Crippen LogP contribution in [0.4, 0.5) is 4.39 Å². The van der Waals surface area contributed by atoms with Crippen LogP contribution in [0.25, 0.3) is 0 Å². The fourth-order valence-corrected chi connectivity index (χ4v) is 3.19. The molecule has 0 aliphatic carbocycles. The van der Waals surface area contributed by atoms with Crippen LogP contribution in [0.5, 0.6) is 0 Å². The van der Waals surface area contributed by atoms with Crippen LogP contribution in [0, 0.1) is 18.7 Å². The molecule has 1 amide bonds. The molecule has 1 N–H and O–H groups in total. The van der Waals surface area contributed by atoms with Gasteiger partial charge in [0.2, 0.25) is 15.9 Å². The van der Waals surface area contributed by atoms with E-state index in [0.29, 0.717) is 12.0 Å². The maximum absolute atomic E-state index is 13.6. The Bertz CT molecular complexity index is 642. The summed E-state index contributed by atoms with van der Waals surface area (Å²) in [6.07, 6.45) is 0.366. The molecule has 0 spiro atoms. The van der Waals surface area contributed by atoms with Crippen molar-refractivity contribution in [2.75, 3.05) is 14.1 Å². The molecule has 0 fully saturated rings. The number of amides is 1. The van der Waals surface area contributed by atoms with Crippen molar-refractivity contribution in [3.05, 3.63) is 29.6 Å². The van der Waals surface area contributed by atoms with E-state index in [4.69, 9.17) is 0 Å². The van der Waals surface area contributed by atoms with Gasteiger partial charge < -0.3 is 4.90 Å². The fourth-order valence-electron chi connectivity index (χ4n) is 1.98. The predicted molar refractivity (Wildman–Crippen MR) is 83.4 cm³/mol. The molecule has 7 heteroatoms. The molecule has 0 saturated heterocycles. The highest BCUT2D eigenvalue weighted by atomic mass is 32.2. The van der Waals surface area contributed by atoms with Crippen LogP contribution in [0.2, 0.25) is 0 Å². The molecular formula is C15H23FN2O3S. The molecule has 124 valence electrons. The zero-order valence-corrected chi connectivity index (χ0v) is 14.4. The number of sulfonamides is 1. The summed E-state index contributed by atoms with van der Waals surface area (Å²) in [5, 5.41) is 0. The van der Waals surface area contributed by atoms with E-state index in [-0.39, 0.29) is 16.7 Å². The second-order valence-corrected chi connectivity index (χ2v) is 7.66. The van der Waals surface area contributed by atoms with Gasteiger partial charge in [0.1, 0.15) is 11.9 Å². The third-order valence-electron chi connectivity index (χ3n) is 3.20. The molecule has 5 nitrogen and oxygen atoms in total. The lowest BCUT2D eigenvalue weighted by atomic mass is 10.0. The Morgan fingerprint density at radius 2 is 1.91 bits per heavy atom. The summed E-state index contributed by atoms with van der Waals surface area (Å²) < 4.78 is 40.7. The van der Waals surface area contributed by atoms with Crippen LogP contribution in [0.3, 0.4) is 0 Å². The molecule has 0 aliphatic heterocycles. The van der Waals surface area contributed by atoms with Crippen LogP contribution in [0.1, 0.15) is 25.8 Å². The van der Waals surface area contributed by atoms with E-state index >= 15 is 0 Å². The van der Waals surface area contributed by atoms with Crippen molar-refractivity contribution in [1.29, 1.82) is 0 Å². The minimum Gasteiger partial charge on any atom is -0.347 e. The maximum atomic E-state index is 13.6. The van der Waals surface area contributed by atoms with Gasteiger partial charge in [-0.1, -0.05) is 19.9 Å². The summed E-state index contributed by atoms with van der Waals surface area (Å²) in [6, 6.07) is 2.82. The van der Waals surface area contributed by atoms with Gasteiger partial charge >= 0.3 is 0 Å². The van der Waals surface area contributed by atoms with Crippen molar-refractivity contribution < 1.29 is 17.6 Å². The van der Waals surface area contributed by atoms with E-state index in [0.717, 1.165) is 6.07 Å². The van der Waals surface area contributed by atoms with E-state index in [1.807, 2.05) is 13.8 Å². The van der Waals surface area contributed by atoms with Crippen LogP contribution in [0.15, 0.2) is 23.1 Å². The van der Waals surface area contributed by atoms with Gasteiger partial charge in [-0.15, -0.1) is 0 Å². The topological polar surface area (TPSA) is 66.5 Å². The first kappa shape index (κ1) is 18.6. The van der Waals surface area contributed by atoms with E-state index in [9.17, 15) is 17.6 Å². The van der Waals surface area contributed by atoms with Crippen molar-refractivity contribution >= 4 is 15.9 Å². The second kappa shape index (κ2) is 7.19. The molecule has 1 aromatic carbocycles. The first-order valence-electron chi connectivity index (χ1n) is 7.04. The van der Waals surface area contributed by atoms with Gasteiger partial charge in [-0.2, -0.15) is 4.72 Å². The summed E-state index contributed by atoms with van der Waals surface area (Å²) in [7, 11) is -0.830. The minimum absolute atomic E-state index is 0.131. The Hall–Kier alpha value is -1.47. The SMILES string of the molecule is Cc1ccc(S(=O)(=O)N[C@H](CC(C)C)C(=O)N(C)C)cc1F. The van der Waals surface area contributed by atoms with Gasteiger partial charge in [-0.05, 0) is 37.0 Å². The van der Waals surface area contributed by atoms with Crippen molar-refractivity contribution in [2.24, 2.45) is 5.92 Å². The van der Waals surface area contributed by atoms with E-state index in [1.165, 1.54) is 17.0 Å². The summed E-state index contributed by atoms with van der Waals surface area (Å²) >= 11 is 0. The normalized spacial score (nSPS) is 13.2. The molecule has 0 saturated carbocycles. The zero-order chi connectivity index (χ0) is 17.1. The van der Waals surface area contributed by atoms with Crippen molar-refractivity contribution in [3.8, 4) is 0 Å². The number of nitrogens with one attached hydrogen (secondary N) is 1. The molecule has 1 rings (SSSR count). The largest absolute Gasteiger partial charge is 0.347 e. The predicted octanol–water partition coefficient (Wildman–Crippen LogP) is 1.92. The number of hydrogen-bond acceptors (Lipinski definition) is 3. The van der Waals surface area contributed by atoms with Gasteiger partial charge in [-0.25, -0.2) is 12.8 Å².